The Balaban J connectivity index is 1.52. The van der Waals surface area contributed by atoms with E-state index in [1.165, 1.54) is 0 Å². The molecule has 140 valence electrons. The van der Waals surface area contributed by atoms with Crippen molar-refractivity contribution < 1.29 is 14.2 Å². The molecule has 0 unspecified atom stereocenters. The molecule has 2 aromatic heterocycles. The number of ether oxygens (including phenoxy) is 3. The smallest absolute Gasteiger partial charge is 0.231 e. The summed E-state index contributed by atoms with van der Waals surface area (Å²) in [5, 5.41) is 7.31. The van der Waals surface area contributed by atoms with Crippen LogP contribution in [-0.2, 0) is 4.74 Å². The van der Waals surface area contributed by atoms with Crippen molar-refractivity contribution in [3.63, 3.8) is 0 Å². The van der Waals surface area contributed by atoms with Gasteiger partial charge in [0.2, 0.25) is 12.7 Å². The van der Waals surface area contributed by atoms with E-state index in [2.05, 4.69) is 25.6 Å². The van der Waals surface area contributed by atoms with Gasteiger partial charge in [-0.05, 0) is 25.1 Å². The van der Waals surface area contributed by atoms with Gasteiger partial charge in [-0.1, -0.05) is 11.3 Å². The quantitative estimate of drug-likeness (QED) is 0.598. The molecule has 1 aromatic carbocycles. The Kier molecular flexibility index (Phi) is 5.03. The number of methoxy groups -OCH3 is 1. The highest BCUT2D eigenvalue weighted by molar-refractivity contribution is 7.19. The molecular weight excluding hydrogens is 366 g/mol. The summed E-state index contributed by atoms with van der Waals surface area (Å²) >= 11 is 1.56. The molecule has 8 nitrogen and oxygen atoms in total. The summed E-state index contributed by atoms with van der Waals surface area (Å²) in [7, 11) is 1.68. The number of nitrogens with zero attached hydrogens (tertiary/aromatic N) is 3. The van der Waals surface area contributed by atoms with Crippen molar-refractivity contribution in [2.75, 3.05) is 37.7 Å². The monoisotopic (exact) mass is 385 g/mol. The second-order valence-corrected chi connectivity index (χ2v) is 6.81. The maximum Gasteiger partial charge on any atom is 0.231 e. The maximum atomic E-state index is 5.40. The Morgan fingerprint density at radius 3 is 2.96 bits per heavy atom. The van der Waals surface area contributed by atoms with E-state index in [9.17, 15) is 0 Å². The third-order valence-electron chi connectivity index (χ3n) is 3.90. The fraction of sp³-hybridized carbons (Fsp3) is 0.278. The van der Waals surface area contributed by atoms with E-state index in [0.717, 1.165) is 32.8 Å². The number of aryl methyl sites for hydroxylation is 1. The molecule has 0 saturated carbocycles. The number of benzene rings is 1. The molecule has 0 bridgehead atoms. The number of aromatic nitrogens is 3. The van der Waals surface area contributed by atoms with Crippen molar-refractivity contribution in [3.8, 4) is 22.1 Å². The Labute approximate surface area is 160 Å². The zero-order valence-corrected chi connectivity index (χ0v) is 15.8. The van der Waals surface area contributed by atoms with E-state index in [0.29, 0.717) is 24.8 Å². The molecule has 4 rings (SSSR count). The van der Waals surface area contributed by atoms with Crippen LogP contribution in [0.5, 0.6) is 11.5 Å². The second-order valence-electron chi connectivity index (χ2n) is 5.81. The Bertz CT molecular complexity index is 946. The molecule has 0 aliphatic carbocycles. The lowest BCUT2D eigenvalue weighted by molar-refractivity contribution is 0.174. The minimum atomic E-state index is 0.246. The van der Waals surface area contributed by atoms with Gasteiger partial charge in [0.05, 0.1) is 22.9 Å². The lowest BCUT2D eigenvalue weighted by Gasteiger charge is -2.07. The van der Waals surface area contributed by atoms with Crippen LogP contribution in [0.15, 0.2) is 30.5 Å². The third-order valence-corrected chi connectivity index (χ3v) is 5.03. The second kappa shape index (κ2) is 7.77. The highest BCUT2D eigenvalue weighted by atomic mass is 32.1. The number of nitrogens with one attached hydrogen (secondary N) is 2. The van der Waals surface area contributed by atoms with Crippen LogP contribution in [-0.4, -0.2) is 42.0 Å². The molecule has 3 aromatic rings. The summed E-state index contributed by atoms with van der Waals surface area (Å²) < 4.78 is 15.8. The van der Waals surface area contributed by atoms with Crippen LogP contribution >= 0.6 is 11.3 Å². The van der Waals surface area contributed by atoms with Gasteiger partial charge in [0.15, 0.2) is 16.6 Å². The van der Waals surface area contributed by atoms with Crippen LogP contribution in [0, 0.1) is 6.92 Å². The van der Waals surface area contributed by atoms with Crippen molar-refractivity contribution in [1.82, 2.24) is 15.0 Å². The van der Waals surface area contributed by atoms with E-state index in [4.69, 9.17) is 14.2 Å². The minimum absolute atomic E-state index is 0.246. The van der Waals surface area contributed by atoms with Gasteiger partial charge in [0.25, 0.3) is 0 Å². The first-order chi connectivity index (χ1) is 13.2. The molecule has 0 spiro atoms. The highest BCUT2D eigenvalue weighted by Gasteiger charge is 2.15. The fourth-order valence-electron chi connectivity index (χ4n) is 2.62. The predicted molar refractivity (Wildman–Crippen MR) is 104 cm³/mol. The minimum Gasteiger partial charge on any atom is -0.454 e. The van der Waals surface area contributed by atoms with E-state index in [1.807, 2.05) is 31.2 Å². The molecule has 0 amide bonds. The van der Waals surface area contributed by atoms with Crippen molar-refractivity contribution >= 4 is 28.1 Å². The molecule has 1 aliphatic heterocycles. The normalized spacial score (nSPS) is 12.2. The molecule has 0 fully saturated rings. The number of rotatable bonds is 7. The van der Waals surface area contributed by atoms with Gasteiger partial charge in [-0.2, -0.15) is 0 Å². The first-order valence-corrected chi connectivity index (χ1v) is 9.25. The van der Waals surface area contributed by atoms with E-state index >= 15 is 0 Å². The summed E-state index contributed by atoms with van der Waals surface area (Å²) in [5.74, 6) is 1.96. The average Bonchev–Trinajstić information content (AvgIpc) is 3.28. The summed E-state index contributed by atoms with van der Waals surface area (Å²) in [5.41, 5.74) is 2.58. The van der Waals surface area contributed by atoms with Gasteiger partial charge in [0, 0.05) is 31.6 Å². The van der Waals surface area contributed by atoms with Crippen LogP contribution in [0.25, 0.3) is 10.6 Å². The molecule has 27 heavy (non-hydrogen) atoms. The number of fused-ring (bicyclic) bond motifs is 1. The van der Waals surface area contributed by atoms with Crippen LogP contribution in [0.4, 0.5) is 16.8 Å². The van der Waals surface area contributed by atoms with Gasteiger partial charge in [-0.3, -0.25) is 0 Å². The van der Waals surface area contributed by atoms with E-state index < -0.39 is 0 Å². The SMILES string of the molecule is COCCNc1nc(C)c(-c2ccnc(Nc3ccc4c(c3)OCO4)n2)s1. The Morgan fingerprint density at radius 2 is 2.07 bits per heavy atom. The third kappa shape index (κ3) is 3.93. The Hall–Kier alpha value is -2.91. The van der Waals surface area contributed by atoms with E-state index in [-0.39, 0.29) is 6.79 Å². The van der Waals surface area contributed by atoms with Gasteiger partial charge in [-0.25, -0.2) is 15.0 Å². The molecule has 1 aliphatic rings. The van der Waals surface area contributed by atoms with Gasteiger partial charge >= 0.3 is 0 Å². The first kappa shape index (κ1) is 17.5. The zero-order valence-electron chi connectivity index (χ0n) is 15.0. The fourth-order valence-corrected chi connectivity index (χ4v) is 3.58. The summed E-state index contributed by atoms with van der Waals surface area (Å²) in [6, 6.07) is 7.51. The van der Waals surface area contributed by atoms with Crippen molar-refractivity contribution in [2.24, 2.45) is 0 Å². The van der Waals surface area contributed by atoms with Crippen molar-refractivity contribution in [2.45, 2.75) is 6.92 Å². The Morgan fingerprint density at radius 1 is 1.19 bits per heavy atom. The van der Waals surface area contributed by atoms with Crippen molar-refractivity contribution in [1.29, 1.82) is 0 Å². The van der Waals surface area contributed by atoms with Crippen LogP contribution in [0.2, 0.25) is 0 Å². The molecule has 0 radical (unpaired) electrons. The zero-order chi connectivity index (χ0) is 18.6. The number of hydrogen-bond acceptors (Lipinski definition) is 9. The van der Waals surface area contributed by atoms with Gasteiger partial charge < -0.3 is 24.8 Å². The molecule has 0 saturated heterocycles. The van der Waals surface area contributed by atoms with Crippen LogP contribution in [0.1, 0.15) is 5.69 Å². The molecule has 9 heteroatoms. The number of anilines is 3. The van der Waals surface area contributed by atoms with Crippen molar-refractivity contribution in [3.05, 3.63) is 36.2 Å². The van der Waals surface area contributed by atoms with Gasteiger partial charge in [0.1, 0.15) is 0 Å². The summed E-state index contributed by atoms with van der Waals surface area (Å²) in [6.45, 7) is 3.56. The molecule has 0 atom stereocenters. The largest absolute Gasteiger partial charge is 0.454 e. The lowest BCUT2D eigenvalue weighted by Crippen LogP contribution is -2.06. The summed E-state index contributed by atoms with van der Waals surface area (Å²) in [4.78, 5) is 14.5. The van der Waals surface area contributed by atoms with E-state index in [1.54, 1.807) is 24.6 Å². The van der Waals surface area contributed by atoms with Gasteiger partial charge in [-0.15, -0.1) is 0 Å². The van der Waals surface area contributed by atoms with Crippen LogP contribution < -0.4 is 20.1 Å². The summed E-state index contributed by atoms with van der Waals surface area (Å²) in [6.07, 6.45) is 1.73. The average molecular weight is 385 g/mol. The predicted octanol–water partition coefficient (Wildman–Crippen LogP) is 3.44. The topological polar surface area (TPSA) is 90.4 Å². The van der Waals surface area contributed by atoms with Crippen LogP contribution in [0.3, 0.4) is 0 Å². The standard InChI is InChI=1S/C18H19N5O3S/c1-11-16(27-18(21-11)20-7-8-24-2)13-5-6-19-17(23-13)22-12-3-4-14-15(9-12)26-10-25-14/h3-6,9H,7-8,10H2,1-2H3,(H,20,21)(H,19,22,23). The highest BCUT2D eigenvalue weighted by Crippen LogP contribution is 2.35. The maximum absolute atomic E-state index is 5.40. The number of thiazole rings is 1. The first-order valence-electron chi connectivity index (χ1n) is 8.43. The molecular formula is C18H19N5O3S. The number of hydrogen-bond donors (Lipinski definition) is 2. The molecule has 3 heterocycles. The lowest BCUT2D eigenvalue weighted by atomic mass is 10.3. The molecule has 2 N–H and O–H groups in total.